The predicted octanol–water partition coefficient (Wildman–Crippen LogP) is 5.11. The standard InChI is InChI=1S/C24H22BrN5O4S/c1-11(2)20(23(31)32)26-24(33)34-10-9-30-22(27-28-29-30)17-13-5-4-6-14(17)21-19(25)18-15(35-21)8-7-12(3)16(13)18/h4-8,11,20H,9-10H2,1-3H3,(H,26,33)(H,31,32)/t20-/m0/s1. The third kappa shape index (κ3) is 3.98. The van der Waals surface area contributed by atoms with Gasteiger partial charge in [0.2, 0.25) is 0 Å². The van der Waals surface area contributed by atoms with Crippen LogP contribution in [0.15, 0.2) is 34.8 Å². The van der Waals surface area contributed by atoms with Crippen LogP contribution in [0.4, 0.5) is 4.79 Å². The number of hydrogen-bond donors (Lipinski definition) is 2. The molecule has 2 N–H and O–H groups in total. The van der Waals surface area contributed by atoms with Gasteiger partial charge in [-0.3, -0.25) is 0 Å². The number of amides is 1. The van der Waals surface area contributed by atoms with Gasteiger partial charge >= 0.3 is 12.1 Å². The van der Waals surface area contributed by atoms with Crippen LogP contribution in [0.25, 0.3) is 43.0 Å². The molecule has 1 atom stereocenters. The number of benzene rings is 2. The highest BCUT2D eigenvalue weighted by Gasteiger charge is 2.29. The third-order valence-corrected chi connectivity index (χ3v) is 8.33. The first kappa shape index (κ1) is 23.4. The van der Waals surface area contributed by atoms with Crippen molar-refractivity contribution in [1.29, 1.82) is 0 Å². The van der Waals surface area contributed by atoms with E-state index >= 15 is 0 Å². The molecule has 180 valence electrons. The van der Waals surface area contributed by atoms with E-state index in [1.807, 2.05) is 6.07 Å². The highest BCUT2D eigenvalue weighted by atomic mass is 79.9. The number of hydrogen-bond acceptors (Lipinski definition) is 7. The Morgan fingerprint density at radius 1 is 1.20 bits per heavy atom. The average molecular weight is 556 g/mol. The Morgan fingerprint density at radius 3 is 2.71 bits per heavy atom. The number of carbonyl (C=O) groups excluding carboxylic acids is 1. The Kier molecular flexibility index (Phi) is 6.06. The molecule has 5 rings (SSSR count). The molecule has 0 radical (unpaired) electrons. The van der Waals surface area contributed by atoms with Gasteiger partial charge in [-0.2, -0.15) is 0 Å². The molecule has 0 unspecified atom stereocenters. The lowest BCUT2D eigenvalue weighted by Gasteiger charge is -2.18. The van der Waals surface area contributed by atoms with Gasteiger partial charge in [-0.25, -0.2) is 14.3 Å². The summed E-state index contributed by atoms with van der Waals surface area (Å²) in [4.78, 5) is 24.6. The first-order valence-electron chi connectivity index (χ1n) is 11.1. The molecule has 1 amide bonds. The first-order valence-corrected chi connectivity index (χ1v) is 12.7. The van der Waals surface area contributed by atoms with Crippen LogP contribution in [-0.2, 0) is 16.1 Å². The summed E-state index contributed by atoms with van der Waals surface area (Å²) in [5, 5.41) is 25.2. The van der Waals surface area contributed by atoms with Crippen LogP contribution in [0.5, 0.6) is 0 Å². The van der Waals surface area contributed by atoms with Gasteiger partial charge in [-0.15, -0.1) is 16.4 Å². The van der Waals surface area contributed by atoms with Crippen molar-refractivity contribution in [3.05, 3.63) is 40.4 Å². The minimum Gasteiger partial charge on any atom is -0.480 e. The van der Waals surface area contributed by atoms with E-state index in [0.717, 1.165) is 37.2 Å². The molecule has 0 fully saturated rings. The van der Waals surface area contributed by atoms with Gasteiger partial charge in [0.15, 0.2) is 5.82 Å². The molecule has 2 aromatic heterocycles. The maximum atomic E-state index is 12.1. The number of halogens is 1. The van der Waals surface area contributed by atoms with Crippen molar-refractivity contribution in [3.63, 3.8) is 0 Å². The quantitative estimate of drug-likeness (QED) is 0.286. The Morgan fingerprint density at radius 2 is 1.97 bits per heavy atom. The smallest absolute Gasteiger partial charge is 0.407 e. The molecule has 1 aliphatic rings. The summed E-state index contributed by atoms with van der Waals surface area (Å²) in [6, 6.07) is 9.43. The number of aromatic nitrogens is 4. The van der Waals surface area contributed by atoms with Gasteiger partial charge in [0.05, 0.1) is 11.4 Å². The fourth-order valence-electron chi connectivity index (χ4n) is 4.41. The summed E-state index contributed by atoms with van der Waals surface area (Å²) < 4.78 is 9.12. The number of aliphatic carboxylic acids is 1. The van der Waals surface area contributed by atoms with E-state index < -0.39 is 18.1 Å². The van der Waals surface area contributed by atoms with Crippen LogP contribution in [0.1, 0.15) is 19.4 Å². The zero-order valence-corrected chi connectivity index (χ0v) is 21.6. The number of rotatable bonds is 7. The zero-order chi connectivity index (χ0) is 24.9. The highest BCUT2D eigenvalue weighted by molar-refractivity contribution is 9.10. The molecule has 9 nitrogen and oxygen atoms in total. The molecule has 4 bridgehead atoms. The molecule has 0 spiro atoms. The number of nitrogens with one attached hydrogen (secondary N) is 1. The van der Waals surface area contributed by atoms with Crippen molar-refractivity contribution in [3.8, 4) is 33.0 Å². The van der Waals surface area contributed by atoms with Crippen molar-refractivity contribution >= 4 is 49.4 Å². The second-order valence-electron chi connectivity index (χ2n) is 8.67. The molecule has 2 heterocycles. The number of ether oxygens (including phenoxy) is 1. The molecule has 35 heavy (non-hydrogen) atoms. The topological polar surface area (TPSA) is 119 Å². The third-order valence-electron chi connectivity index (χ3n) is 6.08. The molecule has 0 saturated heterocycles. The number of carbonyl (C=O) groups is 2. The van der Waals surface area contributed by atoms with E-state index in [1.54, 1.807) is 29.9 Å². The Hall–Kier alpha value is -3.31. The zero-order valence-electron chi connectivity index (χ0n) is 19.2. The molecular formula is C24H22BrN5O4S. The van der Waals surface area contributed by atoms with Gasteiger partial charge in [0, 0.05) is 25.7 Å². The van der Waals surface area contributed by atoms with Gasteiger partial charge in [-0.05, 0) is 62.0 Å². The summed E-state index contributed by atoms with van der Waals surface area (Å²) in [7, 11) is 0. The van der Waals surface area contributed by atoms with Crippen molar-refractivity contribution in [1.82, 2.24) is 25.5 Å². The fourth-order valence-corrected chi connectivity index (χ4v) is 6.54. The lowest BCUT2D eigenvalue weighted by atomic mass is 9.92. The fraction of sp³-hybridized carbons (Fsp3) is 0.292. The van der Waals surface area contributed by atoms with E-state index in [9.17, 15) is 14.7 Å². The number of aryl methyl sites for hydroxylation is 1. The van der Waals surface area contributed by atoms with E-state index in [1.165, 1.54) is 10.1 Å². The van der Waals surface area contributed by atoms with Crippen molar-refractivity contribution in [2.45, 2.75) is 33.4 Å². The molecule has 2 aromatic carbocycles. The van der Waals surface area contributed by atoms with Crippen molar-refractivity contribution in [2.24, 2.45) is 5.92 Å². The van der Waals surface area contributed by atoms with Crippen LogP contribution in [-0.4, -0.2) is 50.0 Å². The summed E-state index contributed by atoms with van der Waals surface area (Å²) >= 11 is 5.55. The number of carboxylic acids is 1. The number of nitrogens with zero attached hydrogens (tertiary/aromatic N) is 4. The molecular weight excluding hydrogens is 534 g/mol. The predicted molar refractivity (Wildman–Crippen MR) is 136 cm³/mol. The summed E-state index contributed by atoms with van der Waals surface area (Å²) in [6.45, 7) is 5.71. The second-order valence-corrected chi connectivity index (χ2v) is 10.5. The van der Waals surface area contributed by atoms with Crippen LogP contribution < -0.4 is 5.32 Å². The van der Waals surface area contributed by atoms with E-state index in [4.69, 9.17) is 4.74 Å². The van der Waals surface area contributed by atoms with Crippen molar-refractivity contribution < 1.29 is 19.4 Å². The number of carboxylic acid groups (broad SMARTS) is 1. The highest BCUT2D eigenvalue weighted by Crippen LogP contribution is 2.54. The van der Waals surface area contributed by atoms with E-state index in [2.05, 4.69) is 68.0 Å². The lowest BCUT2D eigenvalue weighted by molar-refractivity contribution is -0.140. The van der Waals surface area contributed by atoms with Crippen LogP contribution >= 0.6 is 27.3 Å². The number of thiophene rings is 1. The van der Waals surface area contributed by atoms with Gasteiger partial charge in [0.25, 0.3) is 0 Å². The Labute approximate surface area is 213 Å². The van der Waals surface area contributed by atoms with E-state index in [-0.39, 0.29) is 19.1 Å². The average Bonchev–Trinajstić information content (AvgIpc) is 3.39. The first-order chi connectivity index (χ1) is 16.8. The molecule has 4 aromatic rings. The lowest BCUT2D eigenvalue weighted by Crippen LogP contribution is -2.44. The van der Waals surface area contributed by atoms with Crippen LogP contribution in [0, 0.1) is 12.8 Å². The minimum atomic E-state index is -1.11. The maximum absolute atomic E-state index is 12.1. The van der Waals surface area contributed by atoms with Crippen molar-refractivity contribution in [2.75, 3.05) is 6.61 Å². The summed E-state index contributed by atoms with van der Waals surface area (Å²) in [5.41, 5.74) is 5.29. The molecule has 11 heteroatoms. The van der Waals surface area contributed by atoms with Gasteiger partial charge in [-0.1, -0.05) is 38.1 Å². The SMILES string of the molecule is Cc1ccc2sc3c(Br)c2c1-c1cccc-3c1-c1nnnn1CCOC(=O)N[C@H](C(=O)O)C(C)C. The van der Waals surface area contributed by atoms with E-state index in [0.29, 0.717) is 5.82 Å². The normalized spacial score (nSPS) is 12.7. The number of tetrazole rings is 1. The number of fused-ring (bicyclic) bond motifs is 5. The monoisotopic (exact) mass is 555 g/mol. The second kappa shape index (κ2) is 9.04. The molecule has 0 aliphatic heterocycles. The Bertz CT molecular complexity index is 1480. The van der Waals surface area contributed by atoms with Crippen LogP contribution in [0.2, 0.25) is 0 Å². The van der Waals surface area contributed by atoms with Gasteiger partial charge < -0.3 is 15.2 Å². The molecule has 0 saturated carbocycles. The largest absolute Gasteiger partial charge is 0.480 e. The summed E-state index contributed by atoms with van der Waals surface area (Å²) in [5.74, 6) is -0.814. The Balaban J connectivity index is 1.44. The van der Waals surface area contributed by atoms with Crippen LogP contribution in [0.3, 0.4) is 0 Å². The van der Waals surface area contributed by atoms with Gasteiger partial charge in [0.1, 0.15) is 12.6 Å². The molecule has 1 aliphatic carbocycles. The summed E-state index contributed by atoms with van der Waals surface area (Å²) in [6.07, 6.45) is -0.795. The minimum absolute atomic E-state index is 0.0211. The maximum Gasteiger partial charge on any atom is 0.407 e. The number of alkyl carbamates (subject to hydrolysis) is 1.